The highest BCUT2D eigenvalue weighted by atomic mass is 79.9. The minimum atomic E-state index is 0.147. The van der Waals surface area contributed by atoms with Gasteiger partial charge >= 0.3 is 0 Å². The van der Waals surface area contributed by atoms with E-state index in [4.69, 9.17) is 5.73 Å². The van der Waals surface area contributed by atoms with E-state index < -0.39 is 0 Å². The minimum Gasteiger partial charge on any atom is -0.322 e. The average molecular weight is 258 g/mol. The second-order valence-electron chi connectivity index (χ2n) is 4.28. The van der Waals surface area contributed by atoms with Gasteiger partial charge in [-0.1, -0.05) is 0 Å². The Morgan fingerprint density at radius 3 is 2.71 bits per heavy atom. The zero-order valence-corrected chi connectivity index (χ0v) is 10.2. The number of rotatable bonds is 3. The average Bonchev–Trinajstić information content (AvgIpc) is 2.88. The molecule has 1 atom stereocenters. The van der Waals surface area contributed by atoms with Crippen molar-refractivity contribution in [2.75, 3.05) is 0 Å². The Morgan fingerprint density at radius 2 is 2.21 bits per heavy atom. The summed E-state index contributed by atoms with van der Waals surface area (Å²) in [6.45, 7) is 4.26. The summed E-state index contributed by atoms with van der Waals surface area (Å²) in [7, 11) is 0. The van der Waals surface area contributed by atoms with Gasteiger partial charge in [-0.3, -0.25) is 4.68 Å². The van der Waals surface area contributed by atoms with Gasteiger partial charge in [-0.2, -0.15) is 5.10 Å². The standard InChI is InChI=1S/C10H16BrN3/c1-6(2)14-10(8(11)5-13-14)9(12)7-3-4-7/h5-7,9H,3-4,12H2,1-2H3. The number of hydrogen-bond donors (Lipinski definition) is 1. The third-order valence-corrected chi connectivity index (χ3v) is 3.33. The molecule has 1 unspecified atom stereocenters. The third-order valence-electron chi connectivity index (χ3n) is 2.72. The van der Waals surface area contributed by atoms with Crippen LogP contribution in [-0.2, 0) is 0 Å². The van der Waals surface area contributed by atoms with Gasteiger partial charge in [-0.05, 0) is 48.5 Å². The highest BCUT2D eigenvalue weighted by molar-refractivity contribution is 9.10. The Morgan fingerprint density at radius 1 is 1.57 bits per heavy atom. The van der Waals surface area contributed by atoms with Crippen molar-refractivity contribution in [2.24, 2.45) is 11.7 Å². The van der Waals surface area contributed by atoms with Gasteiger partial charge in [0, 0.05) is 6.04 Å². The van der Waals surface area contributed by atoms with Crippen LogP contribution in [0.5, 0.6) is 0 Å². The molecule has 0 bridgehead atoms. The highest BCUT2D eigenvalue weighted by Gasteiger charge is 2.33. The van der Waals surface area contributed by atoms with Crippen LogP contribution >= 0.6 is 15.9 Å². The fourth-order valence-corrected chi connectivity index (χ4v) is 2.29. The highest BCUT2D eigenvalue weighted by Crippen LogP contribution is 2.41. The van der Waals surface area contributed by atoms with Crippen LogP contribution < -0.4 is 5.73 Å². The smallest absolute Gasteiger partial charge is 0.0699 e. The number of hydrogen-bond acceptors (Lipinski definition) is 2. The number of halogens is 1. The Balaban J connectivity index is 2.33. The molecule has 2 rings (SSSR count). The van der Waals surface area contributed by atoms with Crippen molar-refractivity contribution in [1.29, 1.82) is 0 Å². The molecule has 2 N–H and O–H groups in total. The quantitative estimate of drug-likeness (QED) is 0.905. The first-order valence-electron chi connectivity index (χ1n) is 5.09. The van der Waals surface area contributed by atoms with Crippen LogP contribution in [0.4, 0.5) is 0 Å². The summed E-state index contributed by atoms with van der Waals surface area (Å²) in [6.07, 6.45) is 4.37. The van der Waals surface area contributed by atoms with Gasteiger partial charge in [0.2, 0.25) is 0 Å². The van der Waals surface area contributed by atoms with E-state index >= 15 is 0 Å². The van der Waals surface area contributed by atoms with E-state index in [1.165, 1.54) is 12.8 Å². The summed E-state index contributed by atoms with van der Waals surface area (Å²) in [5, 5.41) is 4.34. The number of aromatic nitrogens is 2. The molecule has 78 valence electrons. The molecule has 4 heteroatoms. The molecule has 14 heavy (non-hydrogen) atoms. The summed E-state index contributed by atoms with van der Waals surface area (Å²) < 4.78 is 3.07. The van der Waals surface area contributed by atoms with E-state index in [2.05, 4.69) is 34.9 Å². The van der Waals surface area contributed by atoms with E-state index in [9.17, 15) is 0 Å². The molecule has 1 fully saturated rings. The van der Waals surface area contributed by atoms with E-state index in [0.29, 0.717) is 12.0 Å². The lowest BCUT2D eigenvalue weighted by Gasteiger charge is -2.16. The van der Waals surface area contributed by atoms with E-state index in [1.807, 2.05) is 10.9 Å². The second kappa shape index (κ2) is 3.66. The summed E-state index contributed by atoms with van der Waals surface area (Å²) in [5.74, 6) is 0.667. The van der Waals surface area contributed by atoms with E-state index in [-0.39, 0.29) is 6.04 Å². The van der Waals surface area contributed by atoms with Crippen LogP contribution in [0, 0.1) is 5.92 Å². The molecule has 1 heterocycles. The lowest BCUT2D eigenvalue weighted by atomic mass is 10.1. The summed E-state index contributed by atoms with van der Waals surface area (Å²) in [4.78, 5) is 0. The van der Waals surface area contributed by atoms with Crippen LogP contribution in [-0.4, -0.2) is 9.78 Å². The van der Waals surface area contributed by atoms with Crippen molar-refractivity contribution in [2.45, 2.75) is 38.8 Å². The van der Waals surface area contributed by atoms with Crippen molar-refractivity contribution in [3.05, 3.63) is 16.4 Å². The molecule has 1 aromatic heterocycles. The van der Waals surface area contributed by atoms with Crippen LogP contribution in [0.1, 0.15) is 44.5 Å². The van der Waals surface area contributed by atoms with Crippen LogP contribution in [0.15, 0.2) is 10.7 Å². The first-order valence-corrected chi connectivity index (χ1v) is 5.89. The predicted octanol–water partition coefficient (Wildman–Crippen LogP) is 2.64. The largest absolute Gasteiger partial charge is 0.322 e. The number of nitrogens with zero attached hydrogens (tertiary/aromatic N) is 2. The maximum absolute atomic E-state index is 6.19. The lowest BCUT2D eigenvalue weighted by Crippen LogP contribution is -2.19. The predicted molar refractivity (Wildman–Crippen MR) is 60.0 cm³/mol. The lowest BCUT2D eigenvalue weighted by molar-refractivity contribution is 0.469. The zero-order valence-electron chi connectivity index (χ0n) is 8.57. The van der Waals surface area contributed by atoms with Crippen LogP contribution in [0.2, 0.25) is 0 Å². The van der Waals surface area contributed by atoms with Crippen LogP contribution in [0.3, 0.4) is 0 Å². The van der Waals surface area contributed by atoms with Gasteiger partial charge in [0.05, 0.1) is 22.4 Å². The molecule has 1 aliphatic carbocycles. The van der Waals surface area contributed by atoms with Gasteiger partial charge in [-0.25, -0.2) is 0 Å². The monoisotopic (exact) mass is 257 g/mol. The SMILES string of the molecule is CC(C)n1ncc(Br)c1C(N)C1CC1. The number of nitrogens with two attached hydrogens (primary N) is 1. The maximum atomic E-state index is 6.19. The van der Waals surface area contributed by atoms with E-state index in [0.717, 1.165) is 10.2 Å². The normalized spacial score (nSPS) is 18.9. The van der Waals surface area contributed by atoms with Crippen molar-refractivity contribution >= 4 is 15.9 Å². The van der Waals surface area contributed by atoms with Gasteiger partial charge in [-0.15, -0.1) is 0 Å². The first kappa shape index (κ1) is 10.2. The Bertz CT molecular complexity index is 328. The minimum absolute atomic E-state index is 0.147. The molecule has 0 aliphatic heterocycles. The Labute approximate surface area is 92.8 Å². The molecule has 0 saturated heterocycles. The third kappa shape index (κ3) is 1.73. The zero-order chi connectivity index (χ0) is 10.3. The first-order chi connectivity index (χ1) is 6.61. The van der Waals surface area contributed by atoms with Crippen molar-refractivity contribution in [3.8, 4) is 0 Å². The Hall–Kier alpha value is -0.350. The molecular formula is C10H16BrN3. The second-order valence-corrected chi connectivity index (χ2v) is 5.13. The fourth-order valence-electron chi connectivity index (χ4n) is 1.75. The van der Waals surface area contributed by atoms with E-state index in [1.54, 1.807) is 0 Å². The molecule has 3 nitrogen and oxygen atoms in total. The topological polar surface area (TPSA) is 43.8 Å². The van der Waals surface area contributed by atoms with Crippen molar-refractivity contribution in [1.82, 2.24) is 9.78 Å². The van der Waals surface area contributed by atoms with Gasteiger partial charge < -0.3 is 5.73 Å². The molecule has 0 spiro atoms. The van der Waals surface area contributed by atoms with Gasteiger partial charge in [0.1, 0.15) is 0 Å². The molecule has 1 saturated carbocycles. The molecule has 0 aromatic carbocycles. The van der Waals surface area contributed by atoms with Gasteiger partial charge in [0.25, 0.3) is 0 Å². The molecule has 0 radical (unpaired) electrons. The molecular weight excluding hydrogens is 242 g/mol. The van der Waals surface area contributed by atoms with Crippen LogP contribution in [0.25, 0.3) is 0 Å². The van der Waals surface area contributed by atoms with Gasteiger partial charge in [0.15, 0.2) is 0 Å². The maximum Gasteiger partial charge on any atom is 0.0699 e. The van der Waals surface area contributed by atoms with Crippen molar-refractivity contribution in [3.63, 3.8) is 0 Å². The van der Waals surface area contributed by atoms with Crippen molar-refractivity contribution < 1.29 is 0 Å². The molecule has 0 amide bonds. The fraction of sp³-hybridized carbons (Fsp3) is 0.700. The summed E-state index contributed by atoms with van der Waals surface area (Å²) in [6, 6.07) is 0.523. The Kier molecular flexibility index (Phi) is 2.66. The summed E-state index contributed by atoms with van der Waals surface area (Å²) >= 11 is 3.52. The summed E-state index contributed by atoms with van der Waals surface area (Å²) in [5.41, 5.74) is 7.35. The molecule has 1 aliphatic rings. The molecule has 1 aromatic rings.